The van der Waals surface area contributed by atoms with E-state index < -0.39 is 10.0 Å². The van der Waals surface area contributed by atoms with E-state index >= 15 is 0 Å². The van der Waals surface area contributed by atoms with Gasteiger partial charge >= 0.3 is 0 Å². The summed E-state index contributed by atoms with van der Waals surface area (Å²) in [5, 5.41) is 2.83. The Morgan fingerprint density at radius 1 is 1.12 bits per heavy atom. The summed E-state index contributed by atoms with van der Waals surface area (Å²) in [4.78, 5) is 12.5. The van der Waals surface area contributed by atoms with E-state index in [1.54, 1.807) is 26.0 Å². The molecule has 0 unspecified atom stereocenters. The number of carbonyl (C=O) groups excluding carboxylic acids is 1. The van der Waals surface area contributed by atoms with Crippen LogP contribution in [0.4, 0.5) is 0 Å². The summed E-state index contributed by atoms with van der Waals surface area (Å²) in [7, 11) is -2.08. The van der Waals surface area contributed by atoms with Crippen LogP contribution >= 0.6 is 0 Å². The van der Waals surface area contributed by atoms with Crippen molar-refractivity contribution >= 4 is 15.9 Å². The monoisotopic (exact) mass is 360 g/mol. The molecule has 1 N–H and O–H groups in total. The van der Waals surface area contributed by atoms with Gasteiger partial charge in [-0.15, -0.1) is 0 Å². The number of amides is 1. The highest BCUT2D eigenvalue weighted by Gasteiger charge is 2.23. The Hall–Kier alpha value is -2.18. The largest absolute Gasteiger partial charge is 0.348 e. The molecule has 25 heavy (non-hydrogen) atoms. The van der Waals surface area contributed by atoms with Gasteiger partial charge in [0.1, 0.15) is 0 Å². The first kappa shape index (κ1) is 19.1. The van der Waals surface area contributed by atoms with Crippen molar-refractivity contribution in [2.24, 2.45) is 0 Å². The van der Waals surface area contributed by atoms with Gasteiger partial charge in [0.25, 0.3) is 5.91 Å². The molecular weight excluding hydrogens is 336 g/mol. The van der Waals surface area contributed by atoms with Crippen molar-refractivity contribution in [2.75, 3.05) is 7.05 Å². The van der Waals surface area contributed by atoms with Crippen LogP contribution in [-0.4, -0.2) is 31.7 Å². The number of hydrogen-bond donors (Lipinski definition) is 1. The first-order chi connectivity index (χ1) is 11.7. The lowest BCUT2D eigenvalue weighted by Gasteiger charge is -2.21. The lowest BCUT2D eigenvalue weighted by Crippen LogP contribution is -2.33. The van der Waals surface area contributed by atoms with Crippen LogP contribution in [0.3, 0.4) is 0 Å². The minimum atomic E-state index is -3.61. The zero-order valence-electron chi connectivity index (χ0n) is 15.0. The number of benzene rings is 2. The Balaban J connectivity index is 2.16. The summed E-state index contributed by atoms with van der Waals surface area (Å²) in [5.74, 6) is -0.300. The highest BCUT2D eigenvalue weighted by atomic mass is 32.2. The Morgan fingerprint density at radius 3 is 2.44 bits per heavy atom. The molecule has 0 aliphatic rings. The topological polar surface area (TPSA) is 66.5 Å². The minimum absolute atomic E-state index is 0.118. The first-order valence-electron chi connectivity index (χ1n) is 8.13. The molecule has 0 fully saturated rings. The normalized spacial score (nSPS) is 11.8. The molecule has 0 spiro atoms. The number of nitrogens with one attached hydrogen (secondary N) is 1. The van der Waals surface area contributed by atoms with Crippen LogP contribution in [0.2, 0.25) is 0 Å². The molecule has 0 bridgehead atoms. The summed E-state index contributed by atoms with van der Waals surface area (Å²) >= 11 is 0. The molecule has 134 valence electrons. The summed E-state index contributed by atoms with van der Waals surface area (Å²) < 4.78 is 26.4. The SMILES string of the molecule is Cc1cccc(CNC(=O)c2cccc(S(=O)(=O)N(C)C(C)C)c2)c1. The van der Waals surface area contributed by atoms with E-state index in [1.165, 1.54) is 23.5 Å². The van der Waals surface area contributed by atoms with E-state index in [1.807, 2.05) is 31.2 Å². The average Bonchev–Trinajstić information content (AvgIpc) is 2.59. The molecule has 2 aromatic carbocycles. The zero-order chi connectivity index (χ0) is 18.6. The molecule has 5 nitrogen and oxygen atoms in total. The molecule has 6 heteroatoms. The maximum absolute atomic E-state index is 12.6. The molecule has 0 aromatic heterocycles. The molecule has 0 saturated heterocycles. The van der Waals surface area contributed by atoms with Gasteiger partial charge in [-0.1, -0.05) is 35.9 Å². The van der Waals surface area contributed by atoms with E-state index in [9.17, 15) is 13.2 Å². The molecule has 0 aliphatic heterocycles. The van der Waals surface area contributed by atoms with Gasteiger partial charge in [-0.05, 0) is 44.5 Å². The first-order valence-corrected chi connectivity index (χ1v) is 9.57. The fraction of sp³-hybridized carbons (Fsp3) is 0.316. The van der Waals surface area contributed by atoms with Gasteiger partial charge in [-0.3, -0.25) is 4.79 Å². The van der Waals surface area contributed by atoms with E-state index in [-0.39, 0.29) is 16.8 Å². The van der Waals surface area contributed by atoms with Gasteiger partial charge < -0.3 is 5.32 Å². The number of carbonyl (C=O) groups is 1. The van der Waals surface area contributed by atoms with Crippen molar-refractivity contribution < 1.29 is 13.2 Å². The third-order valence-electron chi connectivity index (χ3n) is 4.04. The third kappa shape index (κ3) is 4.67. The molecule has 0 radical (unpaired) electrons. The maximum atomic E-state index is 12.6. The Morgan fingerprint density at radius 2 is 1.80 bits per heavy atom. The quantitative estimate of drug-likeness (QED) is 0.861. The highest BCUT2D eigenvalue weighted by Crippen LogP contribution is 2.18. The number of hydrogen-bond acceptors (Lipinski definition) is 3. The second-order valence-corrected chi connectivity index (χ2v) is 8.31. The predicted octanol–water partition coefficient (Wildman–Crippen LogP) is 2.95. The molecule has 0 heterocycles. The standard InChI is InChI=1S/C19H24N2O3S/c1-14(2)21(4)25(23,24)18-10-6-9-17(12-18)19(22)20-13-16-8-5-7-15(3)11-16/h5-12,14H,13H2,1-4H3,(H,20,22). The van der Waals surface area contributed by atoms with Crippen LogP contribution in [0.15, 0.2) is 53.4 Å². The van der Waals surface area contributed by atoms with Crippen molar-refractivity contribution in [1.82, 2.24) is 9.62 Å². The van der Waals surface area contributed by atoms with Crippen LogP contribution in [0.25, 0.3) is 0 Å². The number of rotatable bonds is 6. The van der Waals surface area contributed by atoms with Gasteiger partial charge in [-0.2, -0.15) is 4.31 Å². The van der Waals surface area contributed by atoms with Crippen LogP contribution in [0.1, 0.15) is 35.3 Å². The van der Waals surface area contributed by atoms with Gasteiger partial charge in [0, 0.05) is 25.2 Å². The van der Waals surface area contributed by atoms with E-state index in [2.05, 4.69) is 5.32 Å². The summed E-state index contributed by atoms with van der Waals surface area (Å²) in [5.41, 5.74) is 2.44. The average molecular weight is 360 g/mol. The minimum Gasteiger partial charge on any atom is -0.348 e. The van der Waals surface area contributed by atoms with Crippen molar-refractivity contribution in [3.05, 3.63) is 65.2 Å². The Labute approximate surface area is 149 Å². The number of nitrogens with zero attached hydrogens (tertiary/aromatic N) is 1. The predicted molar refractivity (Wildman–Crippen MR) is 98.9 cm³/mol. The molecule has 2 aromatic rings. The summed E-state index contributed by atoms with van der Waals surface area (Å²) in [6.07, 6.45) is 0. The van der Waals surface area contributed by atoms with E-state index in [0.29, 0.717) is 12.1 Å². The molecule has 0 aliphatic carbocycles. The number of aryl methyl sites for hydroxylation is 1. The van der Waals surface area contributed by atoms with Crippen molar-refractivity contribution in [2.45, 2.75) is 38.3 Å². The highest BCUT2D eigenvalue weighted by molar-refractivity contribution is 7.89. The van der Waals surface area contributed by atoms with Crippen LogP contribution < -0.4 is 5.32 Å². The zero-order valence-corrected chi connectivity index (χ0v) is 15.8. The van der Waals surface area contributed by atoms with Crippen molar-refractivity contribution in [3.63, 3.8) is 0 Å². The molecule has 0 saturated carbocycles. The molecule has 0 atom stereocenters. The lowest BCUT2D eigenvalue weighted by atomic mass is 10.1. The molecule has 1 amide bonds. The summed E-state index contributed by atoms with van der Waals surface area (Å²) in [6, 6.07) is 13.8. The van der Waals surface area contributed by atoms with Crippen LogP contribution in [-0.2, 0) is 16.6 Å². The lowest BCUT2D eigenvalue weighted by molar-refractivity contribution is 0.0950. The van der Waals surface area contributed by atoms with Crippen molar-refractivity contribution in [3.8, 4) is 0 Å². The fourth-order valence-corrected chi connectivity index (χ4v) is 3.76. The molecule has 2 rings (SSSR count). The smallest absolute Gasteiger partial charge is 0.251 e. The van der Waals surface area contributed by atoms with Crippen LogP contribution in [0, 0.1) is 6.92 Å². The second kappa shape index (κ2) is 7.80. The van der Waals surface area contributed by atoms with E-state index in [4.69, 9.17) is 0 Å². The maximum Gasteiger partial charge on any atom is 0.251 e. The molecular formula is C19H24N2O3S. The second-order valence-electron chi connectivity index (χ2n) is 6.31. The van der Waals surface area contributed by atoms with Gasteiger partial charge in [-0.25, -0.2) is 8.42 Å². The third-order valence-corrected chi connectivity index (χ3v) is 6.07. The fourth-order valence-electron chi connectivity index (χ4n) is 2.35. The van der Waals surface area contributed by atoms with E-state index in [0.717, 1.165) is 11.1 Å². The van der Waals surface area contributed by atoms with Gasteiger partial charge in [0.05, 0.1) is 4.90 Å². The van der Waals surface area contributed by atoms with Gasteiger partial charge in [0.15, 0.2) is 0 Å². The summed E-state index contributed by atoms with van der Waals surface area (Å²) in [6.45, 7) is 5.99. The van der Waals surface area contributed by atoms with Crippen molar-refractivity contribution in [1.29, 1.82) is 0 Å². The Kier molecular flexibility index (Phi) is 5.98. The van der Waals surface area contributed by atoms with Gasteiger partial charge in [0.2, 0.25) is 10.0 Å². The van der Waals surface area contributed by atoms with Crippen LogP contribution in [0.5, 0.6) is 0 Å². The Bertz CT molecular complexity index is 860. The number of sulfonamides is 1.